The number of benzene rings is 1. The van der Waals surface area contributed by atoms with Gasteiger partial charge in [0.05, 0.1) is 42.7 Å². The fraction of sp³-hybridized carbons (Fsp3) is 0.400. The zero-order valence-electron chi connectivity index (χ0n) is 16.4. The molecular formula is C20H22N2O6S. The van der Waals surface area contributed by atoms with Crippen molar-refractivity contribution in [3.8, 4) is 11.8 Å². The van der Waals surface area contributed by atoms with Crippen LogP contribution in [0.4, 0.5) is 0 Å². The predicted molar refractivity (Wildman–Crippen MR) is 106 cm³/mol. The number of nitrogens with one attached hydrogen (secondary N) is 1. The lowest BCUT2D eigenvalue weighted by atomic mass is 9.78. The number of carbonyl (C=O) groups excluding carboxylic acids is 3. The highest BCUT2D eigenvalue weighted by Gasteiger charge is 2.45. The van der Waals surface area contributed by atoms with Gasteiger partial charge in [0.2, 0.25) is 5.91 Å². The molecule has 9 heteroatoms. The van der Waals surface area contributed by atoms with E-state index in [4.69, 9.17) is 9.47 Å². The van der Waals surface area contributed by atoms with Crippen molar-refractivity contribution in [2.45, 2.75) is 19.8 Å². The number of amides is 1. The second-order valence-corrected chi connectivity index (χ2v) is 6.87. The number of hydrogen-bond acceptors (Lipinski definition) is 8. The van der Waals surface area contributed by atoms with Gasteiger partial charge in [-0.05, 0) is 19.9 Å². The van der Waals surface area contributed by atoms with Gasteiger partial charge in [0.1, 0.15) is 11.7 Å². The van der Waals surface area contributed by atoms with E-state index in [1.54, 1.807) is 31.2 Å². The maximum Gasteiger partial charge on any atom is 0.319 e. The van der Waals surface area contributed by atoms with Gasteiger partial charge in [0, 0.05) is 11.5 Å². The molecule has 29 heavy (non-hydrogen) atoms. The summed E-state index contributed by atoms with van der Waals surface area (Å²) in [6, 6.07) is 9.01. The highest BCUT2D eigenvalue weighted by atomic mass is 32.2. The monoisotopic (exact) mass is 418 g/mol. The Balaban J connectivity index is 2.61. The summed E-state index contributed by atoms with van der Waals surface area (Å²) >= 11 is 0.969. The van der Waals surface area contributed by atoms with Crippen molar-refractivity contribution in [3.63, 3.8) is 0 Å². The van der Waals surface area contributed by atoms with Crippen LogP contribution >= 0.6 is 11.8 Å². The molecule has 0 saturated carbocycles. The summed E-state index contributed by atoms with van der Waals surface area (Å²) in [6.07, 6.45) is 0. The summed E-state index contributed by atoms with van der Waals surface area (Å²) in [5.74, 6) is -3.63. The third-order valence-corrected chi connectivity index (χ3v) is 5.18. The zero-order chi connectivity index (χ0) is 21.4. The van der Waals surface area contributed by atoms with Crippen LogP contribution in [-0.4, -0.2) is 43.9 Å². The van der Waals surface area contributed by atoms with Gasteiger partial charge in [-0.15, -0.1) is 0 Å². The molecule has 154 valence electrons. The SMILES string of the molecule is CCOC(=O)[C@@H]1C(=O)NC(SCC(=O)OC)=C(C#N)[C@@H]1c1ccccc1OCC. The second kappa shape index (κ2) is 10.5. The van der Waals surface area contributed by atoms with Gasteiger partial charge in [-0.25, -0.2) is 0 Å². The van der Waals surface area contributed by atoms with Gasteiger partial charge in [0.25, 0.3) is 0 Å². The van der Waals surface area contributed by atoms with Crippen molar-refractivity contribution >= 4 is 29.6 Å². The second-order valence-electron chi connectivity index (χ2n) is 5.89. The van der Waals surface area contributed by atoms with Gasteiger partial charge in [0.15, 0.2) is 0 Å². The molecule has 1 aromatic carbocycles. The van der Waals surface area contributed by atoms with E-state index in [0.29, 0.717) is 17.9 Å². The molecule has 0 unspecified atom stereocenters. The van der Waals surface area contributed by atoms with Crippen LogP contribution in [-0.2, 0) is 23.9 Å². The van der Waals surface area contributed by atoms with E-state index < -0.39 is 29.7 Å². The molecule has 2 rings (SSSR count). The van der Waals surface area contributed by atoms with Crippen molar-refractivity contribution in [2.75, 3.05) is 26.1 Å². The highest BCUT2D eigenvalue weighted by Crippen LogP contribution is 2.43. The van der Waals surface area contributed by atoms with E-state index in [2.05, 4.69) is 16.1 Å². The largest absolute Gasteiger partial charge is 0.494 e. The molecule has 2 atom stereocenters. The van der Waals surface area contributed by atoms with Gasteiger partial charge >= 0.3 is 11.9 Å². The van der Waals surface area contributed by atoms with E-state index >= 15 is 0 Å². The predicted octanol–water partition coefficient (Wildman–Crippen LogP) is 2.12. The Morgan fingerprint density at radius 2 is 1.97 bits per heavy atom. The zero-order valence-corrected chi connectivity index (χ0v) is 17.2. The van der Waals surface area contributed by atoms with Crippen LogP contribution < -0.4 is 10.1 Å². The first-order valence-electron chi connectivity index (χ1n) is 9.01. The standard InChI is InChI=1S/C20H22N2O6S/c1-4-27-14-9-7-6-8-12(14)16-13(10-21)19(29-11-15(23)26-3)22-18(24)17(16)20(25)28-5-2/h6-9,16-17H,4-5,11H2,1-3H3,(H,22,24)/t16-,17-/m0/s1. The number of esters is 2. The van der Waals surface area contributed by atoms with E-state index in [-0.39, 0.29) is 23.0 Å². The van der Waals surface area contributed by atoms with Crippen molar-refractivity contribution in [1.82, 2.24) is 5.32 Å². The molecule has 0 spiro atoms. The summed E-state index contributed by atoms with van der Waals surface area (Å²) in [5.41, 5.74) is 0.679. The number of carbonyl (C=O) groups is 3. The number of nitrogens with zero attached hydrogens (tertiary/aromatic N) is 1. The molecule has 0 saturated heterocycles. The number of para-hydroxylation sites is 1. The minimum atomic E-state index is -1.26. The molecule has 1 aliphatic rings. The van der Waals surface area contributed by atoms with E-state index in [9.17, 15) is 19.6 Å². The Morgan fingerprint density at radius 1 is 1.24 bits per heavy atom. The Hall–Kier alpha value is -2.99. The summed E-state index contributed by atoms with van der Waals surface area (Å²) in [4.78, 5) is 37.0. The van der Waals surface area contributed by atoms with Crippen molar-refractivity contribution in [1.29, 1.82) is 5.26 Å². The lowest BCUT2D eigenvalue weighted by Gasteiger charge is -2.31. The fourth-order valence-corrected chi connectivity index (χ4v) is 3.86. The highest BCUT2D eigenvalue weighted by molar-refractivity contribution is 8.03. The number of allylic oxidation sites excluding steroid dienone is 1. The van der Waals surface area contributed by atoms with E-state index in [1.165, 1.54) is 7.11 Å². The Kier molecular flexibility index (Phi) is 8.09. The van der Waals surface area contributed by atoms with Crippen molar-refractivity contribution in [2.24, 2.45) is 5.92 Å². The lowest BCUT2D eigenvalue weighted by Crippen LogP contribution is -2.44. The maximum atomic E-state index is 12.8. The Labute approximate surface area is 173 Å². The Morgan fingerprint density at radius 3 is 2.59 bits per heavy atom. The first-order chi connectivity index (χ1) is 14.0. The molecule has 1 amide bonds. The van der Waals surface area contributed by atoms with Crippen LogP contribution in [0.3, 0.4) is 0 Å². The number of hydrogen-bond donors (Lipinski definition) is 1. The molecule has 0 aromatic heterocycles. The van der Waals surface area contributed by atoms with Crippen LogP contribution in [0.1, 0.15) is 25.3 Å². The molecule has 1 aromatic rings. The van der Waals surface area contributed by atoms with Gasteiger partial charge in [-0.3, -0.25) is 14.4 Å². The van der Waals surface area contributed by atoms with Crippen LogP contribution in [0.5, 0.6) is 5.75 Å². The summed E-state index contributed by atoms with van der Waals surface area (Å²) in [6.45, 7) is 3.92. The normalized spacial score (nSPS) is 18.5. The number of methoxy groups -OCH3 is 1. The minimum absolute atomic E-state index is 0.0952. The third kappa shape index (κ3) is 5.09. The molecule has 1 heterocycles. The molecule has 1 N–H and O–H groups in total. The fourth-order valence-electron chi connectivity index (χ4n) is 2.98. The summed E-state index contributed by atoms with van der Waals surface area (Å²) < 4.78 is 15.4. The molecule has 1 aliphatic heterocycles. The van der Waals surface area contributed by atoms with Gasteiger partial charge in [-0.2, -0.15) is 5.26 Å². The quantitative estimate of drug-likeness (QED) is 0.504. The molecule has 0 bridgehead atoms. The van der Waals surface area contributed by atoms with Gasteiger partial charge in [-0.1, -0.05) is 30.0 Å². The number of thioether (sulfide) groups is 1. The third-order valence-electron chi connectivity index (χ3n) is 4.19. The average molecular weight is 418 g/mol. The average Bonchev–Trinajstić information content (AvgIpc) is 2.72. The molecule has 0 aliphatic carbocycles. The number of nitriles is 1. The number of ether oxygens (including phenoxy) is 3. The van der Waals surface area contributed by atoms with Crippen molar-refractivity contribution < 1.29 is 28.6 Å². The van der Waals surface area contributed by atoms with E-state index in [1.807, 2.05) is 6.92 Å². The summed E-state index contributed by atoms with van der Waals surface area (Å²) in [5, 5.41) is 12.6. The smallest absolute Gasteiger partial charge is 0.319 e. The summed E-state index contributed by atoms with van der Waals surface area (Å²) in [7, 11) is 1.25. The molecule has 8 nitrogen and oxygen atoms in total. The molecule has 0 radical (unpaired) electrons. The van der Waals surface area contributed by atoms with Crippen LogP contribution in [0.15, 0.2) is 34.9 Å². The van der Waals surface area contributed by atoms with Crippen molar-refractivity contribution in [3.05, 3.63) is 40.4 Å². The topological polar surface area (TPSA) is 115 Å². The van der Waals surface area contributed by atoms with Crippen LogP contribution in [0.2, 0.25) is 0 Å². The van der Waals surface area contributed by atoms with Crippen LogP contribution in [0, 0.1) is 17.2 Å². The lowest BCUT2D eigenvalue weighted by molar-refractivity contribution is -0.153. The molecule has 0 fully saturated rings. The molecular weight excluding hydrogens is 396 g/mol. The first kappa shape index (κ1) is 22.3. The van der Waals surface area contributed by atoms with E-state index in [0.717, 1.165) is 11.8 Å². The van der Waals surface area contributed by atoms with Crippen LogP contribution in [0.25, 0.3) is 0 Å². The minimum Gasteiger partial charge on any atom is -0.494 e. The number of rotatable bonds is 8. The maximum absolute atomic E-state index is 12.8. The first-order valence-corrected chi connectivity index (χ1v) is 10.00. The van der Waals surface area contributed by atoms with Gasteiger partial charge < -0.3 is 19.5 Å². The Bertz CT molecular complexity index is 861.